The molecule has 0 amide bonds. The van der Waals surface area contributed by atoms with Gasteiger partial charge >= 0.3 is 0 Å². The molecule has 3 N–H and O–H groups in total. The lowest BCUT2D eigenvalue weighted by molar-refractivity contribution is 0.453. The number of hydrazine groups is 1. The van der Waals surface area contributed by atoms with E-state index in [1.54, 1.807) is 18.2 Å². The lowest BCUT2D eigenvalue weighted by atomic mass is 10.0. The highest BCUT2D eigenvalue weighted by Crippen LogP contribution is 2.34. The zero-order chi connectivity index (χ0) is 15.1. The number of nitrogens with one attached hydrogen (secondary N) is 1. The third-order valence-corrected chi connectivity index (χ3v) is 3.87. The predicted molar refractivity (Wildman–Crippen MR) is 78.3 cm³/mol. The molecule has 110 valence electrons. The van der Waals surface area contributed by atoms with E-state index in [2.05, 4.69) is 5.43 Å². The molecule has 2 heterocycles. The van der Waals surface area contributed by atoms with Crippen molar-refractivity contribution in [3.63, 3.8) is 0 Å². The Kier molecular flexibility index (Phi) is 3.31. The summed E-state index contributed by atoms with van der Waals surface area (Å²) >= 11 is 0. The van der Waals surface area contributed by atoms with E-state index in [1.165, 1.54) is 6.07 Å². The smallest absolute Gasteiger partial charge is 0.169 e. The molecule has 0 radical (unpaired) electrons. The summed E-state index contributed by atoms with van der Waals surface area (Å²) in [6.07, 6.45) is 0. The van der Waals surface area contributed by atoms with Crippen LogP contribution in [0.2, 0.25) is 0 Å². The summed E-state index contributed by atoms with van der Waals surface area (Å²) < 4.78 is 25.1. The molecular formula is C16H17FN2O2. The van der Waals surface area contributed by atoms with Crippen LogP contribution in [-0.2, 0) is 0 Å². The van der Waals surface area contributed by atoms with Crippen molar-refractivity contribution in [1.29, 1.82) is 0 Å². The van der Waals surface area contributed by atoms with E-state index >= 15 is 0 Å². The largest absolute Gasteiger partial charge is 0.466 e. The molecule has 1 atom stereocenters. The van der Waals surface area contributed by atoms with Crippen LogP contribution in [0.1, 0.15) is 34.4 Å². The first-order valence-corrected chi connectivity index (χ1v) is 6.73. The number of halogens is 1. The maximum absolute atomic E-state index is 13.8. The SMILES string of the molecule is Cc1oc(C)c(C(NN)c2cc3cccc(F)c3o2)c1C. The standard InChI is InChI=1S/C16H17FN2O2/c1-8-9(2)20-10(3)14(8)15(19-18)13-7-11-5-4-6-12(17)16(11)21-13/h4-7,15,19H,18H2,1-3H3. The van der Waals surface area contributed by atoms with Crippen LogP contribution in [0.3, 0.4) is 0 Å². The first-order valence-electron chi connectivity index (χ1n) is 6.73. The fraction of sp³-hybridized carbons (Fsp3) is 0.250. The van der Waals surface area contributed by atoms with Crippen molar-refractivity contribution in [1.82, 2.24) is 5.43 Å². The van der Waals surface area contributed by atoms with Crippen molar-refractivity contribution in [3.8, 4) is 0 Å². The van der Waals surface area contributed by atoms with Crippen LogP contribution in [0.4, 0.5) is 4.39 Å². The molecule has 2 aromatic heterocycles. The molecule has 21 heavy (non-hydrogen) atoms. The number of aryl methyl sites for hydroxylation is 2. The second-order valence-electron chi connectivity index (χ2n) is 5.16. The molecule has 3 aromatic rings. The van der Waals surface area contributed by atoms with Crippen LogP contribution >= 0.6 is 0 Å². The van der Waals surface area contributed by atoms with Gasteiger partial charge < -0.3 is 8.83 Å². The fourth-order valence-corrected chi connectivity index (χ4v) is 2.73. The predicted octanol–water partition coefficient (Wildman–Crippen LogP) is 3.64. The Morgan fingerprint density at radius 1 is 1.14 bits per heavy atom. The van der Waals surface area contributed by atoms with Gasteiger partial charge in [0.15, 0.2) is 11.4 Å². The topological polar surface area (TPSA) is 64.3 Å². The number of fused-ring (bicyclic) bond motifs is 1. The quantitative estimate of drug-likeness (QED) is 0.570. The van der Waals surface area contributed by atoms with E-state index in [-0.39, 0.29) is 17.4 Å². The summed E-state index contributed by atoms with van der Waals surface area (Å²) in [6, 6.07) is 6.25. The first-order chi connectivity index (χ1) is 10.0. The molecular weight excluding hydrogens is 271 g/mol. The summed E-state index contributed by atoms with van der Waals surface area (Å²) in [5.74, 6) is 7.49. The van der Waals surface area contributed by atoms with E-state index in [9.17, 15) is 4.39 Å². The summed E-state index contributed by atoms with van der Waals surface area (Å²) in [6.45, 7) is 5.75. The summed E-state index contributed by atoms with van der Waals surface area (Å²) in [7, 11) is 0. The van der Waals surface area contributed by atoms with Gasteiger partial charge in [0.25, 0.3) is 0 Å². The number of hydrogen-bond acceptors (Lipinski definition) is 4. The highest BCUT2D eigenvalue weighted by Gasteiger charge is 2.25. The van der Waals surface area contributed by atoms with Crippen LogP contribution in [0, 0.1) is 26.6 Å². The minimum absolute atomic E-state index is 0.239. The molecule has 4 nitrogen and oxygen atoms in total. The number of para-hydroxylation sites is 1. The van der Waals surface area contributed by atoms with Gasteiger partial charge in [-0.1, -0.05) is 12.1 Å². The minimum atomic E-state index is -0.383. The average Bonchev–Trinajstić information content (AvgIpc) is 2.97. The Labute approximate surface area is 121 Å². The lowest BCUT2D eigenvalue weighted by Gasteiger charge is -2.13. The highest BCUT2D eigenvalue weighted by atomic mass is 19.1. The Hall–Kier alpha value is -2.11. The third-order valence-electron chi connectivity index (χ3n) is 3.87. The number of hydrogen-bond donors (Lipinski definition) is 2. The Morgan fingerprint density at radius 2 is 1.90 bits per heavy atom. The average molecular weight is 288 g/mol. The Balaban J connectivity index is 2.16. The van der Waals surface area contributed by atoms with Crippen molar-refractivity contribution in [2.24, 2.45) is 5.84 Å². The lowest BCUT2D eigenvalue weighted by Crippen LogP contribution is -2.29. The Morgan fingerprint density at radius 3 is 2.48 bits per heavy atom. The normalized spacial score (nSPS) is 13.0. The van der Waals surface area contributed by atoms with Gasteiger partial charge in [0.2, 0.25) is 0 Å². The maximum atomic E-state index is 13.8. The first kappa shape index (κ1) is 13.9. The maximum Gasteiger partial charge on any atom is 0.169 e. The van der Waals surface area contributed by atoms with Crippen LogP contribution in [-0.4, -0.2) is 0 Å². The van der Waals surface area contributed by atoms with E-state index < -0.39 is 0 Å². The van der Waals surface area contributed by atoms with Crippen LogP contribution in [0.25, 0.3) is 11.0 Å². The van der Waals surface area contributed by atoms with Crippen molar-refractivity contribution >= 4 is 11.0 Å². The van der Waals surface area contributed by atoms with Crippen LogP contribution in [0.15, 0.2) is 33.1 Å². The van der Waals surface area contributed by atoms with E-state index in [0.717, 1.165) is 22.6 Å². The molecule has 5 heteroatoms. The molecule has 0 aliphatic carbocycles. The summed E-state index contributed by atoms with van der Waals surface area (Å²) in [4.78, 5) is 0. The molecule has 0 saturated heterocycles. The van der Waals surface area contributed by atoms with Crippen molar-refractivity contribution in [3.05, 3.63) is 58.5 Å². The molecule has 0 aliphatic heterocycles. The number of benzene rings is 1. The molecule has 0 spiro atoms. The van der Waals surface area contributed by atoms with E-state index in [1.807, 2.05) is 20.8 Å². The van der Waals surface area contributed by atoms with E-state index in [4.69, 9.17) is 14.7 Å². The van der Waals surface area contributed by atoms with Gasteiger partial charge in [-0.2, -0.15) is 0 Å². The van der Waals surface area contributed by atoms with Crippen LogP contribution < -0.4 is 11.3 Å². The van der Waals surface area contributed by atoms with Crippen molar-refractivity contribution in [2.45, 2.75) is 26.8 Å². The van der Waals surface area contributed by atoms with Gasteiger partial charge in [0.1, 0.15) is 23.3 Å². The zero-order valence-electron chi connectivity index (χ0n) is 12.2. The molecule has 3 rings (SSSR count). The molecule has 0 aliphatic rings. The minimum Gasteiger partial charge on any atom is -0.466 e. The second-order valence-corrected chi connectivity index (χ2v) is 5.16. The monoisotopic (exact) mass is 288 g/mol. The van der Waals surface area contributed by atoms with Gasteiger partial charge in [-0.15, -0.1) is 0 Å². The van der Waals surface area contributed by atoms with Crippen molar-refractivity contribution in [2.75, 3.05) is 0 Å². The second kappa shape index (κ2) is 5.02. The zero-order valence-corrected chi connectivity index (χ0v) is 12.2. The Bertz CT molecular complexity index is 804. The summed E-state index contributed by atoms with van der Waals surface area (Å²) in [5.41, 5.74) is 4.91. The number of rotatable bonds is 3. The molecule has 1 unspecified atom stereocenters. The molecule has 0 fully saturated rings. The van der Waals surface area contributed by atoms with Crippen molar-refractivity contribution < 1.29 is 13.2 Å². The van der Waals surface area contributed by atoms with Gasteiger partial charge in [-0.3, -0.25) is 5.84 Å². The van der Waals surface area contributed by atoms with Gasteiger partial charge in [-0.05, 0) is 38.5 Å². The highest BCUT2D eigenvalue weighted by molar-refractivity contribution is 5.78. The fourth-order valence-electron chi connectivity index (χ4n) is 2.73. The third kappa shape index (κ3) is 2.14. The molecule has 0 saturated carbocycles. The van der Waals surface area contributed by atoms with Crippen LogP contribution in [0.5, 0.6) is 0 Å². The van der Waals surface area contributed by atoms with Gasteiger partial charge in [0.05, 0.1) is 0 Å². The summed E-state index contributed by atoms with van der Waals surface area (Å²) in [5, 5.41) is 0.709. The van der Waals surface area contributed by atoms with Gasteiger partial charge in [0, 0.05) is 10.9 Å². The number of furan rings is 2. The number of nitrogens with two attached hydrogens (primary N) is 1. The molecule has 0 bridgehead atoms. The van der Waals surface area contributed by atoms with E-state index in [0.29, 0.717) is 11.1 Å². The molecule has 1 aromatic carbocycles. The van der Waals surface area contributed by atoms with Gasteiger partial charge in [-0.25, -0.2) is 9.82 Å².